The van der Waals surface area contributed by atoms with Gasteiger partial charge in [-0.05, 0) is 24.6 Å². The topological polar surface area (TPSA) is 86.7 Å². The molecule has 1 aliphatic rings. The first kappa shape index (κ1) is 19.0. The maximum Gasteiger partial charge on any atom is 0.308 e. The van der Waals surface area contributed by atoms with E-state index in [1.54, 1.807) is 37.3 Å². The Morgan fingerprint density at radius 1 is 1.15 bits per heavy atom. The summed E-state index contributed by atoms with van der Waals surface area (Å²) in [5.41, 5.74) is 1.41. The van der Waals surface area contributed by atoms with E-state index in [2.05, 4.69) is 5.32 Å². The molecule has 1 aliphatic heterocycles. The van der Waals surface area contributed by atoms with Crippen molar-refractivity contribution in [2.24, 2.45) is 5.92 Å². The molecule has 2 aromatic rings. The van der Waals surface area contributed by atoms with Crippen LogP contribution in [0.2, 0.25) is 0 Å². The Hall–Kier alpha value is -2.80. The molecular formula is C20H20N2O4S. The van der Waals surface area contributed by atoms with Gasteiger partial charge in [-0.1, -0.05) is 42.5 Å². The van der Waals surface area contributed by atoms with Crippen LogP contribution in [0.4, 0.5) is 5.69 Å². The number of aliphatic carboxylic acids is 1. The van der Waals surface area contributed by atoms with Crippen molar-refractivity contribution in [3.8, 4) is 0 Å². The quantitative estimate of drug-likeness (QED) is 0.800. The van der Waals surface area contributed by atoms with Gasteiger partial charge in [-0.3, -0.25) is 14.4 Å². The van der Waals surface area contributed by atoms with E-state index >= 15 is 0 Å². The van der Waals surface area contributed by atoms with Crippen molar-refractivity contribution in [2.75, 3.05) is 17.2 Å². The zero-order valence-electron chi connectivity index (χ0n) is 14.8. The molecule has 0 spiro atoms. The van der Waals surface area contributed by atoms with Crippen molar-refractivity contribution < 1.29 is 19.5 Å². The molecule has 2 aromatic carbocycles. The number of benzene rings is 2. The maximum absolute atomic E-state index is 12.7. The van der Waals surface area contributed by atoms with Crippen LogP contribution in [0.5, 0.6) is 0 Å². The summed E-state index contributed by atoms with van der Waals surface area (Å²) in [4.78, 5) is 38.9. The highest BCUT2D eigenvalue weighted by atomic mass is 32.2. The van der Waals surface area contributed by atoms with E-state index in [1.165, 1.54) is 16.7 Å². The molecule has 1 heterocycles. The van der Waals surface area contributed by atoms with E-state index in [-0.39, 0.29) is 18.2 Å². The lowest BCUT2D eigenvalue weighted by atomic mass is 9.94. The van der Waals surface area contributed by atoms with Gasteiger partial charge in [0.25, 0.3) is 0 Å². The smallest absolute Gasteiger partial charge is 0.308 e. The van der Waals surface area contributed by atoms with Crippen LogP contribution >= 0.6 is 11.8 Å². The number of carbonyl (C=O) groups excluding carboxylic acids is 2. The van der Waals surface area contributed by atoms with E-state index in [4.69, 9.17) is 0 Å². The summed E-state index contributed by atoms with van der Waals surface area (Å²) in [5, 5.41) is 12.2. The van der Waals surface area contributed by atoms with Crippen molar-refractivity contribution in [1.29, 1.82) is 0 Å². The number of anilines is 1. The third kappa shape index (κ3) is 4.31. The minimum atomic E-state index is -1.00. The molecule has 0 radical (unpaired) electrons. The Morgan fingerprint density at radius 2 is 1.81 bits per heavy atom. The third-order valence-corrected chi connectivity index (χ3v) is 5.52. The van der Waals surface area contributed by atoms with Crippen LogP contribution in [0, 0.1) is 5.92 Å². The minimum Gasteiger partial charge on any atom is -0.481 e. The summed E-state index contributed by atoms with van der Waals surface area (Å²) >= 11 is 1.45. The predicted molar refractivity (Wildman–Crippen MR) is 104 cm³/mol. The number of carbonyl (C=O) groups is 3. The lowest BCUT2D eigenvalue weighted by Gasteiger charge is -2.30. The van der Waals surface area contributed by atoms with Gasteiger partial charge in [0.05, 0.1) is 23.4 Å². The number of carboxylic acids is 1. The zero-order valence-corrected chi connectivity index (χ0v) is 15.6. The first-order valence-corrected chi connectivity index (χ1v) is 9.55. The molecule has 6 nitrogen and oxygen atoms in total. The molecule has 27 heavy (non-hydrogen) atoms. The molecule has 2 amide bonds. The van der Waals surface area contributed by atoms with Crippen molar-refractivity contribution in [2.45, 2.75) is 17.9 Å². The Labute approximate surface area is 161 Å². The second-order valence-electron chi connectivity index (χ2n) is 6.32. The fraction of sp³-hybridized carbons (Fsp3) is 0.250. The van der Waals surface area contributed by atoms with Crippen LogP contribution in [0.25, 0.3) is 0 Å². The monoisotopic (exact) mass is 384 g/mol. The molecule has 0 saturated carbocycles. The molecule has 2 atom stereocenters. The van der Waals surface area contributed by atoms with Gasteiger partial charge in [0.15, 0.2) is 0 Å². The van der Waals surface area contributed by atoms with Crippen LogP contribution in [-0.4, -0.2) is 35.2 Å². The third-order valence-electron chi connectivity index (χ3n) is 4.47. The van der Waals surface area contributed by atoms with E-state index < -0.39 is 23.8 Å². The van der Waals surface area contributed by atoms with Gasteiger partial charge in [-0.15, -0.1) is 11.8 Å². The van der Waals surface area contributed by atoms with Gasteiger partial charge < -0.3 is 15.3 Å². The Balaban J connectivity index is 1.79. The molecule has 140 valence electrons. The predicted octanol–water partition coefficient (Wildman–Crippen LogP) is 2.70. The maximum atomic E-state index is 12.7. The number of rotatable bonds is 6. The lowest BCUT2D eigenvalue weighted by molar-refractivity contribution is -0.142. The van der Waals surface area contributed by atoms with Gasteiger partial charge in [-0.2, -0.15) is 0 Å². The molecule has 7 heteroatoms. The number of nitrogens with one attached hydrogen (secondary N) is 1. The van der Waals surface area contributed by atoms with Gasteiger partial charge in [-0.25, -0.2) is 0 Å². The van der Waals surface area contributed by atoms with Crippen LogP contribution in [0.15, 0.2) is 59.5 Å². The van der Waals surface area contributed by atoms with Crippen LogP contribution < -0.4 is 10.2 Å². The van der Waals surface area contributed by atoms with Crippen molar-refractivity contribution in [1.82, 2.24) is 5.32 Å². The van der Waals surface area contributed by atoms with E-state index in [9.17, 15) is 19.5 Å². The number of carboxylic acid groups (broad SMARTS) is 1. The van der Waals surface area contributed by atoms with Crippen molar-refractivity contribution >= 4 is 35.2 Å². The van der Waals surface area contributed by atoms with E-state index in [0.29, 0.717) is 11.3 Å². The summed E-state index contributed by atoms with van der Waals surface area (Å²) in [7, 11) is 0. The van der Waals surface area contributed by atoms with Crippen LogP contribution in [-0.2, 0) is 14.4 Å². The highest BCUT2D eigenvalue weighted by Gasteiger charge is 2.30. The molecule has 2 N–H and O–H groups in total. The first-order chi connectivity index (χ1) is 13.0. The number of para-hydroxylation sites is 1. The number of nitrogens with zero attached hydrogens (tertiary/aromatic N) is 1. The van der Waals surface area contributed by atoms with Crippen LogP contribution in [0.3, 0.4) is 0 Å². The molecular weight excluding hydrogens is 364 g/mol. The van der Waals surface area contributed by atoms with Crippen molar-refractivity contribution in [3.63, 3.8) is 0 Å². The molecule has 0 bridgehead atoms. The van der Waals surface area contributed by atoms with Gasteiger partial charge in [0, 0.05) is 4.90 Å². The zero-order chi connectivity index (χ0) is 19.4. The molecule has 2 unspecified atom stereocenters. The standard InChI is InChI=1S/C20H20N2O4S/c1-13(20(25)26)19(14-7-3-2-4-8-14)21-17(23)11-22-15-9-5-6-10-16(15)27-12-18(22)24/h2-10,13,19H,11-12H2,1H3,(H,21,23)(H,25,26). The summed E-state index contributed by atoms with van der Waals surface area (Å²) in [6.07, 6.45) is 0. The normalized spacial score (nSPS) is 15.6. The van der Waals surface area contributed by atoms with Crippen molar-refractivity contribution in [3.05, 3.63) is 60.2 Å². The first-order valence-electron chi connectivity index (χ1n) is 8.56. The highest BCUT2D eigenvalue weighted by Crippen LogP contribution is 2.34. The molecule has 0 aromatic heterocycles. The summed E-state index contributed by atoms with van der Waals surface area (Å²) in [5.74, 6) is -2.07. The average Bonchev–Trinajstić information content (AvgIpc) is 2.68. The summed E-state index contributed by atoms with van der Waals surface area (Å²) in [6, 6.07) is 15.7. The number of fused-ring (bicyclic) bond motifs is 1. The number of hydrogen-bond donors (Lipinski definition) is 2. The number of hydrogen-bond acceptors (Lipinski definition) is 4. The Bertz CT molecular complexity index is 856. The van der Waals surface area contributed by atoms with Gasteiger partial charge >= 0.3 is 5.97 Å². The summed E-state index contributed by atoms with van der Waals surface area (Å²) < 4.78 is 0. The second-order valence-corrected chi connectivity index (χ2v) is 7.34. The highest BCUT2D eigenvalue weighted by molar-refractivity contribution is 8.00. The molecule has 0 aliphatic carbocycles. The van der Waals surface area contributed by atoms with E-state index in [1.807, 2.05) is 24.3 Å². The largest absolute Gasteiger partial charge is 0.481 e. The SMILES string of the molecule is CC(C(=O)O)C(NC(=O)CN1C(=O)CSc2ccccc21)c1ccccc1. The van der Waals surface area contributed by atoms with Gasteiger partial charge in [0.1, 0.15) is 6.54 Å². The number of amides is 2. The van der Waals surface area contributed by atoms with Gasteiger partial charge in [0.2, 0.25) is 11.8 Å². The van der Waals surface area contributed by atoms with E-state index in [0.717, 1.165) is 4.90 Å². The number of thioether (sulfide) groups is 1. The molecule has 0 saturated heterocycles. The minimum absolute atomic E-state index is 0.142. The summed E-state index contributed by atoms with van der Waals surface area (Å²) in [6.45, 7) is 1.41. The Morgan fingerprint density at radius 3 is 2.52 bits per heavy atom. The fourth-order valence-electron chi connectivity index (χ4n) is 2.99. The Kier molecular flexibility index (Phi) is 5.81. The lowest BCUT2D eigenvalue weighted by Crippen LogP contribution is -2.45. The van der Waals surface area contributed by atoms with Crippen LogP contribution in [0.1, 0.15) is 18.5 Å². The fourth-order valence-corrected chi connectivity index (χ4v) is 3.93. The second kappa shape index (κ2) is 8.26. The molecule has 3 rings (SSSR count). The molecule has 0 fully saturated rings. The average molecular weight is 384 g/mol.